The number of non-ortho nitro benzene ring substituents is 1. The zero-order valence-electron chi connectivity index (χ0n) is 13.3. The number of likely N-dealkylation sites (N-methyl/N-ethyl adjacent to an activating group) is 1. The first kappa shape index (κ1) is 17.7. The third-order valence-corrected chi connectivity index (χ3v) is 4.24. The number of piperazine rings is 1. The Balaban J connectivity index is 1.95. The van der Waals surface area contributed by atoms with E-state index in [1.165, 1.54) is 18.2 Å². The second-order valence-electron chi connectivity index (χ2n) is 5.90. The summed E-state index contributed by atoms with van der Waals surface area (Å²) in [4.78, 5) is 27.1. The van der Waals surface area contributed by atoms with Gasteiger partial charge in [-0.05, 0) is 20.0 Å². The largest absolute Gasteiger partial charge is 0.348 e. The van der Waals surface area contributed by atoms with E-state index in [2.05, 4.69) is 22.2 Å². The molecule has 1 aliphatic heterocycles. The van der Waals surface area contributed by atoms with Gasteiger partial charge in [0.15, 0.2) is 0 Å². The van der Waals surface area contributed by atoms with Crippen molar-refractivity contribution in [3.63, 3.8) is 0 Å². The predicted octanol–water partition coefficient (Wildman–Crippen LogP) is 1.61. The number of hydrogen-bond donors (Lipinski definition) is 1. The monoisotopic (exact) mass is 340 g/mol. The average molecular weight is 341 g/mol. The molecule has 1 amide bonds. The first-order valence-corrected chi connectivity index (χ1v) is 7.90. The lowest BCUT2D eigenvalue weighted by Gasteiger charge is -2.34. The van der Waals surface area contributed by atoms with E-state index in [0.717, 1.165) is 32.7 Å². The molecule has 0 bridgehead atoms. The van der Waals surface area contributed by atoms with Crippen molar-refractivity contribution in [2.24, 2.45) is 0 Å². The molecule has 0 aliphatic carbocycles. The summed E-state index contributed by atoms with van der Waals surface area (Å²) in [6.45, 7) is 6.62. The molecule has 0 saturated carbocycles. The van der Waals surface area contributed by atoms with E-state index in [0.29, 0.717) is 0 Å². The Morgan fingerprint density at radius 2 is 2.04 bits per heavy atom. The summed E-state index contributed by atoms with van der Waals surface area (Å²) in [6, 6.07) is 3.80. The third kappa shape index (κ3) is 4.89. The molecular formula is C15H21ClN4O3. The Kier molecular flexibility index (Phi) is 5.92. The summed E-state index contributed by atoms with van der Waals surface area (Å²) in [7, 11) is 2.09. The number of amides is 1. The second-order valence-corrected chi connectivity index (χ2v) is 6.31. The zero-order chi connectivity index (χ0) is 17.0. The summed E-state index contributed by atoms with van der Waals surface area (Å²) >= 11 is 5.99. The normalized spacial score (nSPS) is 17.7. The van der Waals surface area contributed by atoms with Gasteiger partial charge in [-0.1, -0.05) is 11.6 Å². The maximum absolute atomic E-state index is 12.3. The van der Waals surface area contributed by atoms with Crippen LogP contribution in [0.15, 0.2) is 18.2 Å². The molecule has 8 heteroatoms. The molecule has 1 heterocycles. The van der Waals surface area contributed by atoms with Crippen molar-refractivity contribution in [2.45, 2.75) is 13.0 Å². The van der Waals surface area contributed by atoms with Gasteiger partial charge in [0.05, 0.1) is 15.5 Å². The number of nitrogens with zero attached hydrogens (tertiary/aromatic N) is 3. The predicted molar refractivity (Wildman–Crippen MR) is 89.0 cm³/mol. The number of rotatable bonds is 5. The highest BCUT2D eigenvalue weighted by Crippen LogP contribution is 2.22. The van der Waals surface area contributed by atoms with Gasteiger partial charge in [0.25, 0.3) is 11.6 Å². The van der Waals surface area contributed by atoms with Crippen LogP contribution in [-0.2, 0) is 0 Å². The van der Waals surface area contributed by atoms with Crippen LogP contribution in [0.25, 0.3) is 0 Å². The lowest BCUT2D eigenvalue weighted by molar-refractivity contribution is -0.384. The van der Waals surface area contributed by atoms with Crippen molar-refractivity contribution >= 4 is 23.2 Å². The van der Waals surface area contributed by atoms with Crippen LogP contribution < -0.4 is 5.32 Å². The number of nitro benzene ring substituents is 1. The lowest BCUT2D eigenvalue weighted by atomic mass is 10.1. The van der Waals surface area contributed by atoms with E-state index in [4.69, 9.17) is 11.6 Å². The molecular weight excluding hydrogens is 320 g/mol. The quantitative estimate of drug-likeness (QED) is 0.651. The van der Waals surface area contributed by atoms with Crippen molar-refractivity contribution in [3.05, 3.63) is 38.9 Å². The van der Waals surface area contributed by atoms with Crippen LogP contribution in [0.5, 0.6) is 0 Å². The fourth-order valence-corrected chi connectivity index (χ4v) is 2.77. The fraction of sp³-hybridized carbons (Fsp3) is 0.533. The highest BCUT2D eigenvalue weighted by Gasteiger charge is 2.20. The smallest absolute Gasteiger partial charge is 0.270 e. The summed E-state index contributed by atoms with van der Waals surface area (Å²) < 4.78 is 0. The SMILES string of the molecule is CC(CN1CCN(C)CC1)NC(=O)c1cc([N+](=O)[O-])ccc1Cl. The molecule has 23 heavy (non-hydrogen) atoms. The van der Waals surface area contributed by atoms with Crippen LogP contribution in [0.4, 0.5) is 5.69 Å². The Morgan fingerprint density at radius 3 is 2.65 bits per heavy atom. The molecule has 1 aromatic carbocycles. The number of nitrogens with one attached hydrogen (secondary N) is 1. The standard InChI is InChI=1S/C15H21ClN4O3/c1-11(10-19-7-5-18(2)6-8-19)17-15(21)13-9-12(20(22)23)3-4-14(13)16/h3-4,9,11H,5-8,10H2,1-2H3,(H,17,21). The van der Waals surface area contributed by atoms with Gasteiger partial charge in [0.1, 0.15) is 0 Å². The van der Waals surface area contributed by atoms with Gasteiger partial charge in [-0.15, -0.1) is 0 Å². The van der Waals surface area contributed by atoms with E-state index in [1.807, 2.05) is 6.92 Å². The van der Waals surface area contributed by atoms with Gasteiger partial charge < -0.3 is 10.2 Å². The summed E-state index contributed by atoms with van der Waals surface area (Å²) in [5.41, 5.74) is -0.0163. The van der Waals surface area contributed by atoms with Gasteiger partial charge in [-0.2, -0.15) is 0 Å². The molecule has 1 aliphatic rings. The maximum atomic E-state index is 12.3. The maximum Gasteiger partial charge on any atom is 0.270 e. The van der Waals surface area contributed by atoms with Crippen LogP contribution >= 0.6 is 11.6 Å². The molecule has 1 fully saturated rings. The summed E-state index contributed by atoms with van der Waals surface area (Å²) in [5.74, 6) is -0.389. The Hall–Kier alpha value is -1.70. The van der Waals surface area contributed by atoms with Crippen molar-refractivity contribution < 1.29 is 9.72 Å². The minimum absolute atomic E-state index is 0.0683. The molecule has 1 saturated heterocycles. The molecule has 1 atom stereocenters. The van der Waals surface area contributed by atoms with Crippen molar-refractivity contribution in [1.29, 1.82) is 0 Å². The molecule has 1 N–H and O–H groups in total. The molecule has 1 aromatic rings. The number of carbonyl (C=O) groups excluding carboxylic acids is 1. The van der Waals surface area contributed by atoms with Crippen molar-refractivity contribution in [1.82, 2.24) is 15.1 Å². The summed E-state index contributed by atoms with van der Waals surface area (Å²) in [5, 5.41) is 13.9. The molecule has 0 radical (unpaired) electrons. The van der Waals surface area contributed by atoms with E-state index in [-0.39, 0.29) is 28.2 Å². The minimum atomic E-state index is -0.541. The molecule has 0 aromatic heterocycles. The van der Waals surface area contributed by atoms with Crippen LogP contribution in [0, 0.1) is 10.1 Å². The van der Waals surface area contributed by atoms with Gasteiger partial charge >= 0.3 is 0 Å². The third-order valence-electron chi connectivity index (χ3n) is 3.91. The molecule has 1 unspecified atom stereocenters. The van der Waals surface area contributed by atoms with E-state index in [1.54, 1.807) is 0 Å². The minimum Gasteiger partial charge on any atom is -0.348 e. The van der Waals surface area contributed by atoms with Crippen molar-refractivity contribution in [2.75, 3.05) is 39.8 Å². The highest BCUT2D eigenvalue weighted by atomic mass is 35.5. The number of carbonyl (C=O) groups is 1. The number of halogens is 1. The number of hydrogen-bond acceptors (Lipinski definition) is 5. The van der Waals surface area contributed by atoms with E-state index >= 15 is 0 Å². The highest BCUT2D eigenvalue weighted by molar-refractivity contribution is 6.33. The Bertz CT molecular complexity index is 588. The van der Waals surface area contributed by atoms with E-state index in [9.17, 15) is 14.9 Å². The fourth-order valence-electron chi connectivity index (χ4n) is 2.57. The Morgan fingerprint density at radius 1 is 1.39 bits per heavy atom. The first-order chi connectivity index (χ1) is 10.9. The molecule has 2 rings (SSSR count). The number of nitro groups is 1. The van der Waals surface area contributed by atoms with Crippen LogP contribution in [0.2, 0.25) is 5.02 Å². The molecule has 7 nitrogen and oxygen atoms in total. The zero-order valence-corrected chi connectivity index (χ0v) is 14.0. The van der Waals surface area contributed by atoms with Crippen LogP contribution in [0.1, 0.15) is 17.3 Å². The van der Waals surface area contributed by atoms with E-state index < -0.39 is 4.92 Å². The topological polar surface area (TPSA) is 78.7 Å². The van der Waals surface area contributed by atoms with Gasteiger partial charge in [0.2, 0.25) is 0 Å². The second kappa shape index (κ2) is 7.72. The molecule has 0 spiro atoms. The average Bonchev–Trinajstić information content (AvgIpc) is 2.49. The van der Waals surface area contributed by atoms with Gasteiger partial charge in [-0.3, -0.25) is 19.8 Å². The van der Waals surface area contributed by atoms with Gasteiger partial charge in [-0.25, -0.2) is 0 Å². The number of benzene rings is 1. The van der Waals surface area contributed by atoms with Crippen molar-refractivity contribution in [3.8, 4) is 0 Å². The lowest BCUT2D eigenvalue weighted by Crippen LogP contribution is -2.49. The van der Waals surface area contributed by atoms with Gasteiger partial charge in [0, 0.05) is 50.9 Å². The van der Waals surface area contributed by atoms with Crippen LogP contribution in [-0.4, -0.2) is 66.4 Å². The molecule has 126 valence electrons. The first-order valence-electron chi connectivity index (χ1n) is 7.52. The van der Waals surface area contributed by atoms with Crippen LogP contribution in [0.3, 0.4) is 0 Å². The summed E-state index contributed by atoms with van der Waals surface area (Å²) in [6.07, 6.45) is 0. The Labute approximate surface area is 140 Å².